The molecule has 0 fully saturated rings. The van der Waals surface area contributed by atoms with Gasteiger partial charge >= 0.3 is 21.6 Å². The number of nitrogens with one attached hydrogen (secondary N) is 3. The summed E-state index contributed by atoms with van der Waals surface area (Å²) in [6.07, 6.45) is 0. The Balaban J connectivity index is 2.13. The van der Waals surface area contributed by atoms with Crippen molar-refractivity contribution in [2.45, 2.75) is 19.0 Å². The third-order valence-corrected chi connectivity index (χ3v) is 4.85. The number of anilines is 1. The van der Waals surface area contributed by atoms with Gasteiger partial charge in [0.05, 0.1) is 10.2 Å². The highest BCUT2D eigenvalue weighted by Crippen LogP contribution is 2.27. The van der Waals surface area contributed by atoms with Gasteiger partial charge in [-0.15, -0.1) is 0 Å². The summed E-state index contributed by atoms with van der Waals surface area (Å²) in [6, 6.07) is 4.08. The van der Waals surface area contributed by atoms with Crippen LogP contribution in [0.5, 0.6) is 0 Å². The van der Waals surface area contributed by atoms with Gasteiger partial charge in [-0.3, -0.25) is 5.32 Å². The van der Waals surface area contributed by atoms with Gasteiger partial charge in [0.25, 0.3) is 0 Å². The number of carbonyl (C=O) groups is 1. The minimum Gasteiger partial charge on any atom is -0.338 e. The van der Waals surface area contributed by atoms with Crippen molar-refractivity contribution in [2.24, 2.45) is 0 Å². The van der Waals surface area contributed by atoms with Crippen LogP contribution in [0.4, 0.5) is 23.1 Å². The molecule has 0 unspecified atom stereocenters. The average Bonchev–Trinajstić information content (AvgIpc) is 2.85. The molecule has 1 aromatic carbocycles. The second kappa shape index (κ2) is 6.91. The van der Waals surface area contributed by atoms with Crippen LogP contribution in [0.3, 0.4) is 0 Å². The van der Waals surface area contributed by atoms with Crippen LogP contribution in [-0.4, -0.2) is 31.5 Å². The summed E-state index contributed by atoms with van der Waals surface area (Å²) < 4.78 is 60.9. The van der Waals surface area contributed by atoms with Gasteiger partial charge in [0.1, 0.15) is 0 Å². The van der Waals surface area contributed by atoms with E-state index in [1.165, 1.54) is 22.9 Å². The maximum absolute atomic E-state index is 12.3. The molecule has 0 aliphatic heterocycles. The SMILES string of the molecule is CCNC(=O)Nc1nc2ccc(CNS(=O)(=O)C(F)(F)F)cc2s1. The van der Waals surface area contributed by atoms with E-state index in [9.17, 15) is 26.4 Å². The first-order valence-corrected chi connectivity index (χ1v) is 8.92. The maximum atomic E-state index is 12.3. The lowest BCUT2D eigenvalue weighted by molar-refractivity contribution is -0.0448. The van der Waals surface area contributed by atoms with Crippen LogP contribution in [-0.2, 0) is 16.6 Å². The second-order valence-electron chi connectivity index (χ2n) is 4.58. The van der Waals surface area contributed by atoms with Crippen molar-refractivity contribution in [3.63, 3.8) is 0 Å². The minimum atomic E-state index is -5.39. The molecule has 12 heteroatoms. The zero-order chi connectivity index (χ0) is 18.0. The Morgan fingerprint density at radius 1 is 1.33 bits per heavy atom. The fraction of sp³-hybridized carbons (Fsp3) is 0.333. The van der Waals surface area contributed by atoms with E-state index in [1.807, 2.05) is 0 Å². The molecule has 0 spiro atoms. The Kier molecular flexibility index (Phi) is 5.30. The first kappa shape index (κ1) is 18.4. The van der Waals surface area contributed by atoms with Crippen molar-refractivity contribution in [1.29, 1.82) is 0 Å². The van der Waals surface area contributed by atoms with Gasteiger partial charge in [-0.25, -0.2) is 22.9 Å². The Morgan fingerprint density at radius 3 is 2.67 bits per heavy atom. The molecule has 0 radical (unpaired) electrons. The summed E-state index contributed by atoms with van der Waals surface area (Å²) in [7, 11) is -5.39. The quantitative estimate of drug-likeness (QED) is 0.739. The van der Waals surface area contributed by atoms with Crippen LogP contribution >= 0.6 is 11.3 Å². The normalized spacial score (nSPS) is 12.3. The van der Waals surface area contributed by atoms with E-state index < -0.39 is 28.1 Å². The molecule has 0 bridgehead atoms. The Morgan fingerprint density at radius 2 is 2.04 bits per heavy atom. The van der Waals surface area contributed by atoms with E-state index in [4.69, 9.17) is 0 Å². The molecule has 0 aliphatic rings. The van der Waals surface area contributed by atoms with Crippen molar-refractivity contribution in [3.8, 4) is 0 Å². The number of urea groups is 1. The molecular formula is C12H13F3N4O3S2. The first-order valence-electron chi connectivity index (χ1n) is 6.62. The molecule has 0 saturated carbocycles. The number of rotatable bonds is 5. The smallest absolute Gasteiger partial charge is 0.338 e. The number of thiazole rings is 1. The standard InChI is InChI=1S/C12H13F3N4O3S2/c1-2-16-10(20)19-11-18-8-4-3-7(5-9(8)23-11)6-17-24(21,22)12(13,14)15/h3-5,17H,2,6H2,1H3,(H2,16,18,19,20). The molecule has 0 atom stereocenters. The zero-order valence-electron chi connectivity index (χ0n) is 12.3. The van der Waals surface area contributed by atoms with Crippen molar-refractivity contribution < 1.29 is 26.4 Å². The van der Waals surface area contributed by atoms with Gasteiger partial charge in [0.2, 0.25) is 0 Å². The van der Waals surface area contributed by atoms with Crippen LogP contribution in [0.2, 0.25) is 0 Å². The van der Waals surface area contributed by atoms with E-state index in [1.54, 1.807) is 6.92 Å². The van der Waals surface area contributed by atoms with Crippen LogP contribution in [0.15, 0.2) is 18.2 Å². The van der Waals surface area contributed by atoms with Gasteiger partial charge in [0.15, 0.2) is 5.13 Å². The number of nitrogens with zero attached hydrogens (tertiary/aromatic N) is 1. The Hall–Kier alpha value is -1.92. The van der Waals surface area contributed by atoms with Crippen molar-refractivity contribution in [3.05, 3.63) is 23.8 Å². The minimum absolute atomic E-state index is 0.323. The van der Waals surface area contributed by atoms with E-state index in [0.717, 1.165) is 11.3 Å². The van der Waals surface area contributed by atoms with Gasteiger partial charge in [-0.1, -0.05) is 17.4 Å². The number of hydrogen-bond donors (Lipinski definition) is 3. The van der Waals surface area contributed by atoms with Crippen LogP contribution in [0.1, 0.15) is 12.5 Å². The van der Waals surface area contributed by atoms with Crippen molar-refractivity contribution in [1.82, 2.24) is 15.0 Å². The molecule has 24 heavy (non-hydrogen) atoms. The number of fused-ring (bicyclic) bond motifs is 1. The van der Waals surface area contributed by atoms with Crippen molar-refractivity contribution >= 4 is 42.7 Å². The first-order chi connectivity index (χ1) is 11.1. The third-order valence-electron chi connectivity index (χ3n) is 2.78. The molecular weight excluding hydrogens is 369 g/mol. The van der Waals surface area contributed by atoms with Gasteiger partial charge < -0.3 is 5.32 Å². The van der Waals surface area contributed by atoms with Crippen molar-refractivity contribution in [2.75, 3.05) is 11.9 Å². The number of carbonyl (C=O) groups excluding carboxylic acids is 1. The molecule has 132 valence electrons. The molecule has 1 aromatic heterocycles. The second-order valence-corrected chi connectivity index (χ2v) is 7.36. The average molecular weight is 382 g/mol. The zero-order valence-corrected chi connectivity index (χ0v) is 13.9. The predicted octanol–water partition coefficient (Wildman–Crippen LogP) is 2.38. The van der Waals surface area contributed by atoms with Crippen LogP contribution < -0.4 is 15.4 Å². The number of alkyl halides is 3. The van der Waals surface area contributed by atoms with Crippen LogP contribution in [0, 0.1) is 0 Å². The maximum Gasteiger partial charge on any atom is 0.511 e. The molecule has 2 aromatic rings. The molecule has 1 heterocycles. The molecule has 2 amide bonds. The van der Waals surface area contributed by atoms with E-state index in [2.05, 4.69) is 15.6 Å². The van der Waals surface area contributed by atoms with Gasteiger partial charge in [-0.2, -0.15) is 13.2 Å². The molecule has 3 N–H and O–H groups in total. The lowest BCUT2D eigenvalue weighted by Crippen LogP contribution is -2.35. The molecule has 7 nitrogen and oxygen atoms in total. The fourth-order valence-electron chi connectivity index (χ4n) is 1.69. The third kappa shape index (κ3) is 4.33. The number of benzene rings is 1. The highest BCUT2D eigenvalue weighted by Gasteiger charge is 2.45. The van der Waals surface area contributed by atoms with E-state index >= 15 is 0 Å². The Labute approximate surface area is 139 Å². The lowest BCUT2D eigenvalue weighted by atomic mass is 10.2. The Bertz CT molecular complexity index is 849. The number of amides is 2. The number of sulfonamides is 1. The summed E-state index contributed by atoms with van der Waals surface area (Å²) >= 11 is 1.12. The number of aromatic nitrogens is 1. The van der Waals surface area contributed by atoms with Gasteiger partial charge in [-0.05, 0) is 24.6 Å². The summed E-state index contributed by atoms with van der Waals surface area (Å²) in [6.45, 7) is 1.70. The molecule has 0 saturated heterocycles. The van der Waals surface area contributed by atoms with Gasteiger partial charge in [0, 0.05) is 13.1 Å². The number of hydrogen-bond acceptors (Lipinski definition) is 5. The highest BCUT2D eigenvalue weighted by molar-refractivity contribution is 7.90. The summed E-state index contributed by atoms with van der Waals surface area (Å²) in [5, 5.41) is 5.38. The molecule has 2 rings (SSSR count). The number of halogens is 3. The van der Waals surface area contributed by atoms with Crippen LogP contribution in [0.25, 0.3) is 10.2 Å². The largest absolute Gasteiger partial charge is 0.511 e. The summed E-state index contributed by atoms with van der Waals surface area (Å²) in [5.41, 5.74) is -4.48. The highest BCUT2D eigenvalue weighted by atomic mass is 32.2. The van der Waals surface area contributed by atoms with E-state index in [0.29, 0.717) is 27.5 Å². The van der Waals surface area contributed by atoms with E-state index in [-0.39, 0.29) is 0 Å². The topological polar surface area (TPSA) is 100 Å². The molecule has 0 aliphatic carbocycles. The fourth-order valence-corrected chi connectivity index (χ4v) is 3.14. The summed E-state index contributed by atoms with van der Waals surface area (Å²) in [4.78, 5) is 15.6. The summed E-state index contributed by atoms with van der Waals surface area (Å²) in [5.74, 6) is 0. The predicted molar refractivity (Wildman–Crippen MR) is 84.1 cm³/mol. The lowest BCUT2D eigenvalue weighted by Gasteiger charge is -2.09. The monoisotopic (exact) mass is 382 g/mol.